The van der Waals surface area contributed by atoms with Crippen molar-refractivity contribution in [3.8, 4) is 0 Å². The largest absolute Gasteiger partial charge is 0.362 e. The van der Waals surface area contributed by atoms with Gasteiger partial charge in [-0.25, -0.2) is 4.79 Å². The molecule has 2 aromatic carbocycles. The zero-order valence-corrected chi connectivity index (χ0v) is 28.4. The molecule has 0 radical (unpaired) electrons. The standard InChI is InChI=1S/C29H46Cl2N10O5/c1-5-36(6-2)13-15-38(11-9-32)27-23(17-21(30)19-25(27)40(43)44)34-29(42)35-24-18-22(31)20-26(41(45)46)28(24)39(12-10-33)16-14-37(7-3)8-4/h17-20H,5-16,32-33H2,1-4H3,(H2,34,35,42). The zero-order chi connectivity index (χ0) is 34.4. The number of urea groups is 1. The Balaban J connectivity index is 2.59. The molecule has 2 rings (SSSR count). The fraction of sp³-hybridized carbons (Fsp3) is 0.552. The maximum absolute atomic E-state index is 13.6. The van der Waals surface area contributed by atoms with Crippen LogP contribution in [0.3, 0.4) is 0 Å². The number of nitro groups is 2. The highest BCUT2D eigenvalue weighted by molar-refractivity contribution is 6.32. The summed E-state index contributed by atoms with van der Waals surface area (Å²) >= 11 is 12.6. The number of nitro benzene ring substituents is 2. The lowest BCUT2D eigenvalue weighted by Gasteiger charge is -2.30. The van der Waals surface area contributed by atoms with E-state index in [4.69, 9.17) is 34.7 Å². The van der Waals surface area contributed by atoms with Crippen molar-refractivity contribution in [3.63, 3.8) is 0 Å². The number of nitrogens with one attached hydrogen (secondary N) is 2. The third-order valence-corrected chi connectivity index (χ3v) is 8.03. The predicted molar refractivity (Wildman–Crippen MR) is 187 cm³/mol. The second kappa shape index (κ2) is 19.3. The lowest BCUT2D eigenvalue weighted by atomic mass is 10.2. The molecule has 6 N–H and O–H groups in total. The van der Waals surface area contributed by atoms with E-state index in [-0.39, 0.29) is 70.3 Å². The van der Waals surface area contributed by atoms with Gasteiger partial charge in [-0.05, 0) is 38.3 Å². The Morgan fingerprint density at radius 3 is 1.30 bits per heavy atom. The van der Waals surface area contributed by atoms with E-state index in [0.717, 1.165) is 26.2 Å². The molecule has 0 aliphatic rings. The summed E-state index contributed by atoms with van der Waals surface area (Å²) in [6, 6.07) is 4.45. The van der Waals surface area contributed by atoms with Crippen LogP contribution in [-0.2, 0) is 0 Å². The molecule has 0 atom stereocenters. The molecule has 0 saturated heterocycles. The van der Waals surface area contributed by atoms with Crippen LogP contribution < -0.4 is 31.9 Å². The van der Waals surface area contributed by atoms with Gasteiger partial charge in [-0.15, -0.1) is 0 Å². The van der Waals surface area contributed by atoms with Crippen molar-refractivity contribution in [1.82, 2.24) is 9.80 Å². The summed E-state index contributed by atoms with van der Waals surface area (Å²) in [5.74, 6) is 0. The summed E-state index contributed by atoms with van der Waals surface area (Å²) in [5, 5.41) is 29.8. The normalized spacial score (nSPS) is 11.2. The first-order valence-corrected chi connectivity index (χ1v) is 16.1. The fourth-order valence-electron chi connectivity index (χ4n) is 5.17. The molecule has 2 aromatic rings. The summed E-state index contributed by atoms with van der Waals surface area (Å²) in [4.78, 5) is 44.6. The summed E-state index contributed by atoms with van der Waals surface area (Å²) in [6.07, 6.45) is 0. The lowest BCUT2D eigenvalue weighted by Crippen LogP contribution is -2.39. The van der Waals surface area contributed by atoms with Crippen LogP contribution in [0.1, 0.15) is 27.7 Å². The minimum absolute atomic E-state index is 0.0341. The number of rotatable bonds is 20. The molecule has 0 aliphatic carbocycles. The van der Waals surface area contributed by atoms with Gasteiger partial charge in [0.1, 0.15) is 11.4 Å². The van der Waals surface area contributed by atoms with Gasteiger partial charge in [0.15, 0.2) is 0 Å². The Morgan fingerprint density at radius 2 is 1.02 bits per heavy atom. The quantitative estimate of drug-likeness (QED) is 0.112. The van der Waals surface area contributed by atoms with Crippen molar-refractivity contribution in [3.05, 3.63) is 54.5 Å². The molecule has 2 amide bonds. The van der Waals surface area contributed by atoms with E-state index in [1.165, 1.54) is 24.3 Å². The Kier molecular flexibility index (Phi) is 16.2. The molecular weight excluding hydrogens is 639 g/mol. The fourth-order valence-corrected chi connectivity index (χ4v) is 5.59. The van der Waals surface area contributed by atoms with Crippen molar-refractivity contribution < 1.29 is 14.6 Å². The van der Waals surface area contributed by atoms with Gasteiger partial charge in [-0.2, -0.15) is 0 Å². The van der Waals surface area contributed by atoms with Crippen molar-refractivity contribution in [2.45, 2.75) is 27.7 Å². The minimum atomic E-state index is -0.816. The molecule has 0 aromatic heterocycles. The topological polar surface area (TPSA) is 192 Å². The third kappa shape index (κ3) is 10.8. The predicted octanol–water partition coefficient (Wildman–Crippen LogP) is 4.67. The number of hydrogen-bond donors (Lipinski definition) is 4. The van der Waals surface area contributed by atoms with Crippen LogP contribution >= 0.6 is 23.2 Å². The van der Waals surface area contributed by atoms with Crippen molar-refractivity contribution in [1.29, 1.82) is 0 Å². The third-order valence-electron chi connectivity index (χ3n) is 7.59. The molecule has 0 bridgehead atoms. The molecule has 0 heterocycles. The lowest BCUT2D eigenvalue weighted by molar-refractivity contribution is -0.384. The number of halogens is 2. The van der Waals surface area contributed by atoms with E-state index in [2.05, 4.69) is 20.4 Å². The van der Waals surface area contributed by atoms with Crippen LogP contribution in [-0.4, -0.2) is 104 Å². The molecule has 0 unspecified atom stereocenters. The highest BCUT2D eigenvalue weighted by Gasteiger charge is 2.28. The van der Waals surface area contributed by atoms with Gasteiger partial charge in [0, 0.05) is 74.5 Å². The average molecular weight is 686 g/mol. The first kappa shape index (κ1) is 38.7. The molecule has 17 heteroatoms. The van der Waals surface area contributed by atoms with Crippen LogP contribution in [0.2, 0.25) is 10.0 Å². The van der Waals surface area contributed by atoms with Crippen molar-refractivity contribution >= 4 is 63.4 Å². The van der Waals surface area contributed by atoms with Gasteiger partial charge in [-0.3, -0.25) is 20.2 Å². The molecule has 0 saturated carbocycles. The van der Waals surface area contributed by atoms with E-state index >= 15 is 0 Å². The van der Waals surface area contributed by atoms with E-state index in [1.54, 1.807) is 9.80 Å². The van der Waals surface area contributed by atoms with Crippen LogP contribution in [0.15, 0.2) is 24.3 Å². The van der Waals surface area contributed by atoms with Crippen LogP contribution in [0.25, 0.3) is 0 Å². The van der Waals surface area contributed by atoms with Crippen LogP contribution in [0.5, 0.6) is 0 Å². The summed E-state index contributed by atoms with van der Waals surface area (Å²) < 4.78 is 0. The van der Waals surface area contributed by atoms with Gasteiger partial charge in [0.2, 0.25) is 0 Å². The SMILES string of the molecule is CCN(CC)CCN(CCN)c1c(NC(=O)Nc2cc(Cl)cc([N+](=O)[O-])c2N(CCN)CCN(CC)CC)cc(Cl)cc1[N+](=O)[O-]. The number of anilines is 4. The first-order valence-electron chi connectivity index (χ1n) is 15.3. The number of amides is 2. The number of likely N-dealkylation sites (N-methyl/N-ethyl adjacent to an activating group) is 2. The van der Waals surface area contributed by atoms with Gasteiger partial charge in [0.25, 0.3) is 11.4 Å². The maximum atomic E-state index is 13.6. The van der Waals surface area contributed by atoms with E-state index in [0.29, 0.717) is 26.2 Å². The highest BCUT2D eigenvalue weighted by atomic mass is 35.5. The van der Waals surface area contributed by atoms with Crippen molar-refractivity contribution in [2.24, 2.45) is 11.5 Å². The summed E-state index contributed by atoms with van der Waals surface area (Å²) in [5.41, 5.74) is 11.6. The minimum Gasteiger partial charge on any atom is -0.362 e. The van der Waals surface area contributed by atoms with Gasteiger partial charge in [-0.1, -0.05) is 50.9 Å². The number of benzene rings is 2. The molecule has 46 heavy (non-hydrogen) atoms. The molecule has 256 valence electrons. The van der Waals surface area contributed by atoms with Crippen LogP contribution in [0.4, 0.5) is 38.9 Å². The number of carbonyl (C=O) groups is 1. The van der Waals surface area contributed by atoms with Crippen LogP contribution in [0, 0.1) is 20.2 Å². The zero-order valence-electron chi connectivity index (χ0n) is 26.9. The van der Waals surface area contributed by atoms with E-state index in [9.17, 15) is 25.0 Å². The Labute approximate surface area is 280 Å². The summed E-state index contributed by atoms with van der Waals surface area (Å²) in [6.45, 7) is 14.1. The highest BCUT2D eigenvalue weighted by Crippen LogP contribution is 2.41. The molecule has 15 nitrogen and oxygen atoms in total. The summed E-state index contributed by atoms with van der Waals surface area (Å²) in [7, 11) is 0. The molecule has 0 fully saturated rings. The Bertz CT molecular complexity index is 1230. The van der Waals surface area contributed by atoms with Gasteiger partial charge >= 0.3 is 6.03 Å². The maximum Gasteiger partial charge on any atom is 0.323 e. The Morgan fingerprint density at radius 1 is 0.674 bits per heavy atom. The van der Waals surface area contributed by atoms with Gasteiger partial charge in [0.05, 0.1) is 21.2 Å². The molecular formula is C29H46Cl2N10O5. The molecule has 0 spiro atoms. The van der Waals surface area contributed by atoms with Crippen molar-refractivity contribution in [2.75, 3.05) is 99.0 Å². The number of carbonyl (C=O) groups excluding carboxylic acids is 1. The Hall–Kier alpha value is -3.47. The second-order valence-corrected chi connectivity index (χ2v) is 11.2. The second-order valence-electron chi connectivity index (χ2n) is 10.3. The first-order chi connectivity index (χ1) is 21.9. The van der Waals surface area contributed by atoms with E-state index < -0.39 is 15.9 Å². The number of nitrogens with zero attached hydrogens (tertiary/aromatic N) is 6. The number of nitrogens with two attached hydrogens (primary N) is 2. The monoisotopic (exact) mass is 684 g/mol. The van der Waals surface area contributed by atoms with E-state index in [1.807, 2.05) is 27.7 Å². The van der Waals surface area contributed by atoms with Gasteiger partial charge < -0.3 is 41.7 Å². The average Bonchev–Trinajstić information content (AvgIpc) is 3.00. The number of hydrogen-bond acceptors (Lipinski definition) is 11. The molecule has 0 aliphatic heterocycles. The smallest absolute Gasteiger partial charge is 0.323 e.